The van der Waals surface area contributed by atoms with Crippen molar-refractivity contribution in [3.63, 3.8) is 0 Å². The summed E-state index contributed by atoms with van der Waals surface area (Å²) in [5.41, 5.74) is 5.73. The Labute approximate surface area is 206 Å². The average molecular weight is 493 g/mol. The molecule has 1 aromatic rings. The minimum atomic E-state index is -1.15. The number of carboxylic acids is 1. The van der Waals surface area contributed by atoms with Crippen molar-refractivity contribution in [1.82, 2.24) is 15.5 Å². The van der Waals surface area contributed by atoms with Crippen molar-refractivity contribution in [1.29, 1.82) is 0 Å². The lowest BCUT2D eigenvalue weighted by atomic mass is 9.71. The molecule has 0 bridgehead atoms. The first-order valence-electron chi connectivity index (χ1n) is 11.6. The molecule has 9 nitrogen and oxygen atoms in total. The number of nitrogens with one attached hydrogen (secondary N) is 2. The molecule has 3 amide bonds. The van der Waals surface area contributed by atoms with E-state index in [2.05, 4.69) is 23.3 Å². The number of nitrogens with two attached hydrogens (primary N) is 1. The average Bonchev–Trinajstić information content (AvgIpc) is 2.82. The number of carbonyl (C=O) groups excluding carboxylic acids is 3. The van der Waals surface area contributed by atoms with Gasteiger partial charge < -0.3 is 26.4 Å². The Bertz CT molecular complexity index is 871. The van der Waals surface area contributed by atoms with Crippen LogP contribution in [0.2, 0.25) is 0 Å². The summed E-state index contributed by atoms with van der Waals surface area (Å²) in [4.78, 5) is 52.0. The van der Waals surface area contributed by atoms with Crippen molar-refractivity contribution < 1.29 is 24.3 Å². The van der Waals surface area contributed by atoms with Crippen LogP contribution in [-0.4, -0.2) is 70.7 Å². The third-order valence-electron chi connectivity index (χ3n) is 6.26. The monoisotopic (exact) mass is 492 g/mol. The molecule has 3 atom stereocenters. The van der Waals surface area contributed by atoms with Crippen LogP contribution in [0.15, 0.2) is 30.3 Å². The highest BCUT2D eigenvalue weighted by molar-refractivity contribution is 7.80. The van der Waals surface area contributed by atoms with E-state index < -0.39 is 35.4 Å². The van der Waals surface area contributed by atoms with Crippen molar-refractivity contribution in [3.8, 4) is 0 Å². The second kappa shape index (κ2) is 12.2. The Morgan fingerprint density at radius 3 is 2.18 bits per heavy atom. The molecule has 0 unspecified atom stereocenters. The van der Waals surface area contributed by atoms with Gasteiger partial charge in [0.15, 0.2) is 0 Å². The predicted octanol–water partition coefficient (Wildman–Crippen LogP) is 0.924. The zero-order valence-electron chi connectivity index (χ0n) is 20.0. The highest BCUT2D eigenvalue weighted by Crippen LogP contribution is 2.36. The Balaban J connectivity index is 2.29. The molecule has 1 fully saturated rings. The van der Waals surface area contributed by atoms with Gasteiger partial charge in [0.05, 0.1) is 11.5 Å². The van der Waals surface area contributed by atoms with Gasteiger partial charge >= 0.3 is 5.97 Å². The van der Waals surface area contributed by atoms with E-state index in [0.717, 1.165) is 5.56 Å². The lowest BCUT2D eigenvalue weighted by Crippen LogP contribution is -2.59. The van der Waals surface area contributed by atoms with Crippen LogP contribution in [0, 0.1) is 5.92 Å². The van der Waals surface area contributed by atoms with Gasteiger partial charge in [0, 0.05) is 18.8 Å². The number of carboxylic acid groups (broad SMARTS) is 1. The molecular formula is C24H36N4O5S. The molecule has 0 saturated carbocycles. The second-order valence-electron chi connectivity index (χ2n) is 9.29. The molecular weight excluding hydrogens is 456 g/mol. The number of benzene rings is 1. The second-order valence-corrected chi connectivity index (χ2v) is 9.65. The molecule has 188 valence electrons. The van der Waals surface area contributed by atoms with Gasteiger partial charge in [-0.1, -0.05) is 44.2 Å². The Morgan fingerprint density at radius 2 is 1.68 bits per heavy atom. The van der Waals surface area contributed by atoms with Gasteiger partial charge in [-0.05, 0) is 37.7 Å². The van der Waals surface area contributed by atoms with Gasteiger partial charge in [-0.15, -0.1) is 0 Å². The number of rotatable bonds is 10. The topological polar surface area (TPSA) is 142 Å². The van der Waals surface area contributed by atoms with Gasteiger partial charge in [0.25, 0.3) is 0 Å². The number of amides is 3. The van der Waals surface area contributed by atoms with E-state index in [4.69, 9.17) is 10.8 Å². The molecule has 10 heteroatoms. The van der Waals surface area contributed by atoms with Crippen molar-refractivity contribution in [2.75, 3.05) is 18.8 Å². The van der Waals surface area contributed by atoms with E-state index in [1.165, 1.54) is 6.92 Å². The summed E-state index contributed by atoms with van der Waals surface area (Å²) < 4.78 is 0. The van der Waals surface area contributed by atoms with Crippen LogP contribution in [0.5, 0.6) is 0 Å². The minimum absolute atomic E-state index is 0.0889. The number of piperidine rings is 1. The number of hydrogen-bond acceptors (Lipinski definition) is 6. The Hall–Kier alpha value is -2.59. The normalized spacial score (nSPS) is 18.0. The van der Waals surface area contributed by atoms with Crippen LogP contribution >= 0.6 is 12.6 Å². The molecule has 1 aromatic carbocycles. The highest BCUT2D eigenvalue weighted by Gasteiger charge is 2.45. The van der Waals surface area contributed by atoms with Crippen LogP contribution in [0.4, 0.5) is 0 Å². The molecule has 1 saturated heterocycles. The molecule has 0 radical (unpaired) electrons. The van der Waals surface area contributed by atoms with Crippen molar-refractivity contribution >= 4 is 36.3 Å². The van der Waals surface area contributed by atoms with Gasteiger partial charge in [-0.25, -0.2) is 0 Å². The summed E-state index contributed by atoms with van der Waals surface area (Å²) >= 11 is 4.11. The summed E-state index contributed by atoms with van der Waals surface area (Å²) in [6, 6.07) is 6.66. The molecule has 0 aromatic heterocycles. The van der Waals surface area contributed by atoms with Crippen molar-refractivity contribution in [2.45, 2.75) is 63.6 Å². The first-order valence-corrected chi connectivity index (χ1v) is 12.2. The standard InChI is InChI=1S/C24H36N4O5S/c1-15(2)13-19(20(29)26-16(3)22(31)32)27-23(33)24(17-7-5-4-6-8-17)9-11-28(12-10-24)21(30)18(25)14-34/h4-8,15-16,18-19,34H,9-14,25H2,1-3H3,(H,26,29)(H,27,33)(H,31,32)/t16-,18-,19-/m0/s1. The van der Waals surface area contributed by atoms with Gasteiger partial charge in [0.2, 0.25) is 17.7 Å². The van der Waals surface area contributed by atoms with E-state index in [1.54, 1.807) is 4.90 Å². The predicted molar refractivity (Wildman–Crippen MR) is 132 cm³/mol. The summed E-state index contributed by atoms with van der Waals surface area (Å²) in [6.07, 6.45) is 1.10. The van der Waals surface area contributed by atoms with Crippen LogP contribution in [0.3, 0.4) is 0 Å². The summed E-state index contributed by atoms with van der Waals surface area (Å²) in [5.74, 6) is -1.87. The fraction of sp³-hybridized carbons (Fsp3) is 0.583. The molecule has 0 aliphatic carbocycles. The fourth-order valence-corrected chi connectivity index (χ4v) is 4.36. The van der Waals surface area contributed by atoms with Crippen LogP contribution in [-0.2, 0) is 24.6 Å². The molecule has 1 aliphatic heterocycles. The van der Waals surface area contributed by atoms with E-state index in [-0.39, 0.29) is 23.5 Å². The Kier molecular flexibility index (Phi) is 9.93. The molecule has 1 aliphatic rings. The Morgan fingerprint density at radius 1 is 1.09 bits per heavy atom. The quantitative estimate of drug-likeness (QED) is 0.308. The number of hydrogen-bond donors (Lipinski definition) is 5. The maximum absolute atomic E-state index is 13.8. The molecule has 5 N–H and O–H groups in total. The lowest BCUT2D eigenvalue weighted by Gasteiger charge is -2.42. The molecule has 1 heterocycles. The van der Waals surface area contributed by atoms with E-state index >= 15 is 0 Å². The smallest absolute Gasteiger partial charge is 0.325 e. The molecule has 2 rings (SSSR count). The van der Waals surface area contributed by atoms with Crippen molar-refractivity contribution in [2.24, 2.45) is 11.7 Å². The zero-order chi connectivity index (χ0) is 25.5. The van der Waals surface area contributed by atoms with Crippen LogP contribution in [0.1, 0.15) is 45.6 Å². The van der Waals surface area contributed by atoms with Crippen LogP contribution < -0.4 is 16.4 Å². The largest absolute Gasteiger partial charge is 0.480 e. The lowest BCUT2D eigenvalue weighted by molar-refractivity contribution is -0.142. The van der Waals surface area contributed by atoms with Crippen molar-refractivity contribution in [3.05, 3.63) is 35.9 Å². The maximum Gasteiger partial charge on any atom is 0.325 e. The number of aliphatic carboxylic acids is 1. The molecule has 34 heavy (non-hydrogen) atoms. The SMILES string of the molecule is CC(C)C[C@H](NC(=O)C1(c2ccccc2)CCN(C(=O)[C@@H](N)CS)CC1)C(=O)N[C@@H](C)C(=O)O. The maximum atomic E-state index is 13.8. The first-order chi connectivity index (χ1) is 16.0. The summed E-state index contributed by atoms with van der Waals surface area (Å²) in [5, 5.41) is 14.5. The van der Waals surface area contributed by atoms with Gasteiger partial charge in [-0.2, -0.15) is 12.6 Å². The van der Waals surface area contributed by atoms with Crippen LogP contribution in [0.25, 0.3) is 0 Å². The highest BCUT2D eigenvalue weighted by atomic mass is 32.1. The van der Waals surface area contributed by atoms with Gasteiger partial charge in [0.1, 0.15) is 12.1 Å². The van der Waals surface area contributed by atoms with E-state index in [1.807, 2.05) is 44.2 Å². The summed E-state index contributed by atoms with van der Waals surface area (Å²) in [6.45, 7) is 5.92. The van der Waals surface area contributed by atoms with E-state index in [0.29, 0.717) is 32.4 Å². The molecule has 0 spiro atoms. The third-order valence-corrected chi connectivity index (χ3v) is 6.66. The summed E-state index contributed by atoms with van der Waals surface area (Å²) in [7, 11) is 0. The third kappa shape index (κ3) is 6.73. The number of likely N-dealkylation sites (tertiary alicyclic amines) is 1. The number of thiol groups is 1. The number of nitrogens with zero attached hydrogens (tertiary/aromatic N) is 1. The van der Waals surface area contributed by atoms with E-state index in [9.17, 15) is 19.2 Å². The fourth-order valence-electron chi connectivity index (χ4n) is 4.20. The minimum Gasteiger partial charge on any atom is -0.480 e. The number of carbonyl (C=O) groups is 4. The first kappa shape index (κ1) is 27.7. The van der Waals surface area contributed by atoms with Gasteiger partial charge in [-0.3, -0.25) is 19.2 Å². The zero-order valence-corrected chi connectivity index (χ0v) is 20.9.